The van der Waals surface area contributed by atoms with Crippen molar-refractivity contribution < 1.29 is 14.5 Å². The van der Waals surface area contributed by atoms with Crippen LogP contribution in [0.25, 0.3) is 10.9 Å². The van der Waals surface area contributed by atoms with Gasteiger partial charge in [0.1, 0.15) is 0 Å². The number of amides is 1. The first-order valence-corrected chi connectivity index (χ1v) is 9.07. The second kappa shape index (κ2) is 8.05. The van der Waals surface area contributed by atoms with Gasteiger partial charge in [-0.1, -0.05) is 18.2 Å². The number of fused-ring (bicyclic) bond motifs is 1. The maximum atomic E-state index is 12.4. The number of nitro groups is 1. The van der Waals surface area contributed by atoms with Gasteiger partial charge in [0, 0.05) is 34.3 Å². The van der Waals surface area contributed by atoms with E-state index in [9.17, 15) is 14.9 Å². The Labute approximate surface area is 159 Å². The van der Waals surface area contributed by atoms with Crippen molar-refractivity contribution in [1.82, 2.24) is 4.98 Å². The molecule has 1 N–H and O–H groups in total. The average molecular weight is 383 g/mol. The van der Waals surface area contributed by atoms with E-state index in [-0.39, 0.29) is 23.1 Å². The molecule has 8 heteroatoms. The second-order valence-electron chi connectivity index (χ2n) is 5.76. The van der Waals surface area contributed by atoms with E-state index in [1.165, 1.54) is 31.0 Å². The van der Waals surface area contributed by atoms with E-state index in [4.69, 9.17) is 4.74 Å². The monoisotopic (exact) mass is 383 g/mol. The van der Waals surface area contributed by atoms with Gasteiger partial charge in [0.25, 0.3) is 0 Å². The fourth-order valence-corrected chi connectivity index (χ4v) is 3.48. The van der Waals surface area contributed by atoms with Crippen molar-refractivity contribution in [1.29, 1.82) is 0 Å². The number of aryl methyl sites for hydroxylation is 1. The molecular weight excluding hydrogens is 366 g/mol. The molecule has 138 valence electrons. The van der Waals surface area contributed by atoms with Crippen molar-refractivity contribution in [2.24, 2.45) is 0 Å². The molecule has 0 fully saturated rings. The Hall–Kier alpha value is -3.13. The predicted octanol–water partition coefficient (Wildman–Crippen LogP) is 4.19. The van der Waals surface area contributed by atoms with E-state index in [0.29, 0.717) is 11.3 Å². The van der Waals surface area contributed by atoms with Crippen LogP contribution in [0.2, 0.25) is 0 Å². The molecule has 0 spiro atoms. The Bertz CT molecular complexity index is 1020. The molecular formula is C19H17N3O4S. The molecule has 1 heterocycles. The number of nitrogens with one attached hydrogen (secondary N) is 1. The molecule has 0 atom stereocenters. The number of methoxy groups -OCH3 is 1. The maximum Gasteiger partial charge on any atom is 0.311 e. The minimum absolute atomic E-state index is 0.104. The Morgan fingerprint density at radius 2 is 2.07 bits per heavy atom. The van der Waals surface area contributed by atoms with Gasteiger partial charge in [-0.15, -0.1) is 11.8 Å². The number of ether oxygens (including phenoxy) is 1. The number of thioether (sulfide) groups is 1. The van der Waals surface area contributed by atoms with Gasteiger partial charge in [-0.3, -0.25) is 19.9 Å². The standard InChI is InChI=1S/C19H17N3O4S/c1-12-9-15(22(24)25)16(26-2)10-14(12)21-18(23)11-27-17-7-3-5-13-6-4-8-20-19(13)17/h3-10H,11H2,1-2H3,(H,21,23). The van der Waals surface area contributed by atoms with E-state index in [0.717, 1.165) is 15.8 Å². The highest BCUT2D eigenvalue weighted by molar-refractivity contribution is 8.00. The third kappa shape index (κ3) is 4.17. The summed E-state index contributed by atoms with van der Waals surface area (Å²) in [6, 6.07) is 12.5. The van der Waals surface area contributed by atoms with Crippen LogP contribution in [0.15, 0.2) is 53.6 Å². The summed E-state index contributed by atoms with van der Waals surface area (Å²) in [4.78, 5) is 28.2. The van der Waals surface area contributed by atoms with Gasteiger partial charge < -0.3 is 10.1 Å². The van der Waals surface area contributed by atoms with E-state index in [1.54, 1.807) is 13.1 Å². The topological polar surface area (TPSA) is 94.4 Å². The Kier molecular flexibility index (Phi) is 5.56. The Morgan fingerprint density at radius 1 is 1.30 bits per heavy atom. The lowest BCUT2D eigenvalue weighted by molar-refractivity contribution is -0.385. The molecule has 0 aliphatic carbocycles. The van der Waals surface area contributed by atoms with E-state index >= 15 is 0 Å². The van der Waals surface area contributed by atoms with Crippen LogP contribution in [-0.4, -0.2) is 28.7 Å². The number of anilines is 1. The highest BCUT2D eigenvalue weighted by atomic mass is 32.2. The summed E-state index contributed by atoms with van der Waals surface area (Å²) in [6.45, 7) is 1.70. The molecule has 0 radical (unpaired) electrons. The summed E-state index contributed by atoms with van der Waals surface area (Å²) in [6.07, 6.45) is 1.72. The highest BCUT2D eigenvalue weighted by Crippen LogP contribution is 2.33. The number of aromatic nitrogens is 1. The first-order valence-electron chi connectivity index (χ1n) is 8.09. The molecule has 0 bridgehead atoms. The number of nitrogens with zero attached hydrogens (tertiary/aromatic N) is 2. The van der Waals surface area contributed by atoms with Gasteiger partial charge in [0.2, 0.25) is 5.91 Å². The zero-order chi connectivity index (χ0) is 19.4. The van der Waals surface area contributed by atoms with Gasteiger partial charge >= 0.3 is 5.69 Å². The quantitative estimate of drug-likeness (QED) is 0.390. The van der Waals surface area contributed by atoms with Gasteiger partial charge in [-0.25, -0.2) is 0 Å². The SMILES string of the molecule is COc1cc(NC(=O)CSc2cccc3cccnc23)c(C)cc1[N+](=O)[O-]. The first kappa shape index (κ1) is 18.7. The summed E-state index contributed by atoms with van der Waals surface area (Å²) < 4.78 is 5.05. The molecule has 3 rings (SSSR count). The molecule has 3 aromatic rings. The molecule has 0 aliphatic rings. The lowest BCUT2D eigenvalue weighted by atomic mass is 10.1. The van der Waals surface area contributed by atoms with Crippen LogP contribution in [0.5, 0.6) is 5.75 Å². The molecule has 1 aromatic heterocycles. The van der Waals surface area contributed by atoms with E-state index in [2.05, 4.69) is 10.3 Å². The average Bonchev–Trinajstić information content (AvgIpc) is 2.67. The first-order chi connectivity index (χ1) is 13.0. The minimum atomic E-state index is -0.513. The second-order valence-corrected chi connectivity index (χ2v) is 6.78. The van der Waals surface area contributed by atoms with E-state index in [1.807, 2.05) is 30.3 Å². The van der Waals surface area contributed by atoms with Crippen molar-refractivity contribution in [3.05, 3.63) is 64.3 Å². The predicted molar refractivity (Wildman–Crippen MR) is 105 cm³/mol. The number of benzene rings is 2. The van der Waals surface area contributed by atoms with Crippen molar-refractivity contribution in [2.75, 3.05) is 18.2 Å². The van der Waals surface area contributed by atoms with Crippen LogP contribution in [-0.2, 0) is 4.79 Å². The summed E-state index contributed by atoms with van der Waals surface area (Å²) in [5.74, 6) is 0.0766. The third-order valence-electron chi connectivity index (χ3n) is 3.95. The number of rotatable bonds is 6. The van der Waals surface area contributed by atoms with E-state index < -0.39 is 4.92 Å². The number of hydrogen-bond donors (Lipinski definition) is 1. The van der Waals surface area contributed by atoms with Crippen LogP contribution >= 0.6 is 11.8 Å². The Balaban J connectivity index is 1.73. The lowest BCUT2D eigenvalue weighted by Gasteiger charge is -2.11. The zero-order valence-electron chi connectivity index (χ0n) is 14.8. The molecule has 0 saturated heterocycles. The molecule has 0 saturated carbocycles. The van der Waals surface area contributed by atoms with Crippen molar-refractivity contribution >= 4 is 39.9 Å². The fraction of sp³-hybridized carbons (Fsp3) is 0.158. The van der Waals surface area contributed by atoms with Crippen LogP contribution in [0.1, 0.15) is 5.56 Å². The molecule has 0 aliphatic heterocycles. The molecule has 2 aromatic carbocycles. The number of para-hydroxylation sites is 1. The maximum absolute atomic E-state index is 12.4. The molecule has 7 nitrogen and oxygen atoms in total. The molecule has 27 heavy (non-hydrogen) atoms. The normalized spacial score (nSPS) is 10.6. The van der Waals surface area contributed by atoms with Crippen LogP contribution in [0.4, 0.5) is 11.4 Å². The van der Waals surface area contributed by atoms with Gasteiger partial charge in [0.15, 0.2) is 5.75 Å². The largest absolute Gasteiger partial charge is 0.490 e. The Morgan fingerprint density at radius 3 is 2.81 bits per heavy atom. The number of pyridine rings is 1. The van der Waals surface area contributed by atoms with Crippen molar-refractivity contribution in [2.45, 2.75) is 11.8 Å². The van der Waals surface area contributed by atoms with Crippen LogP contribution in [0, 0.1) is 17.0 Å². The lowest BCUT2D eigenvalue weighted by Crippen LogP contribution is -2.15. The fourth-order valence-electron chi connectivity index (χ4n) is 2.64. The van der Waals surface area contributed by atoms with Crippen LogP contribution < -0.4 is 10.1 Å². The number of carbonyl (C=O) groups excluding carboxylic acids is 1. The molecule has 1 amide bonds. The van der Waals surface area contributed by atoms with Crippen LogP contribution in [0.3, 0.4) is 0 Å². The number of hydrogen-bond acceptors (Lipinski definition) is 6. The smallest absolute Gasteiger partial charge is 0.311 e. The van der Waals surface area contributed by atoms with Crippen molar-refractivity contribution in [3.63, 3.8) is 0 Å². The summed E-state index contributed by atoms with van der Waals surface area (Å²) in [5.41, 5.74) is 1.79. The summed E-state index contributed by atoms with van der Waals surface area (Å²) >= 11 is 1.39. The number of nitro benzene ring substituents is 1. The zero-order valence-corrected chi connectivity index (χ0v) is 15.6. The minimum Gasteiger partial charge on any atom is -0.490 e. The van der Waals surface area contributed by atoms with Crippen molar-refractivity contribution in [3.8, 4) is 5.75 Å². The van der Waals surface area contributed by atoms with Gasteiger partial charge in [-0.2, -0.15) is 0 Å². The molecule has 0 unspecified atom stereocenters. The van der Waals surface area contributed by atoms with Gasteiger partial charge in [0.05, 0.1) is 23.3 Å². The highest BCUT2D eigenvalue weighted by Gasteiger charge is 2.18. The third-order valence-corrected chi connectivity index (χ3v) is 5.00. The summed E-state index contributed by atoms with van der Waals surface area (Å²) in [5, 5.41) is 14.9. The number of carbonyl (C=O) groups is 1. The summed E-state index contributed by atoms with van der Waals surface area (Å²) in [7, 11) is 1.35. The van der Waals surface area contributed by atoms with Gasteiger partial charge in [-0.05, 0) is 24.6 Å².